The van der Waals surface area contributed by atoms with E-state index in [0.717, 1.165) is 5.69 Å². The third kappa shape index (κ3) is 2.29. The van der Waals surface area contributed by atoms with Crippen molar-refractivity contribution in [2.75, 3.05) is 19.6 Å². The summed E-state index contributed by atoms with van der Waals surface area (Å²) in [4.78, 5) is 37.8. The molecule has 8 heteroatoms. The van der Waals surface area contributed by atoms with Crippen LogP contribution in [0.15, 0.2) is 42.7 Å². The van der Waals surface area contributed by atoms with E-state index in [4.69, 9.17) is 0 Å². The number of carboxylic acids is 1. The van der Waals surface area contributed by atoms with Gasteiger partial charge in [-0.25, -0.2) is 4.68 Å². The molecule has 2 saturated heterocycles. The molecule has 2 N–H and O–H groups in total. The number of aliphatic carboxylic acids is 1. The Labute approximate surface area is 143 Å². The maximum absolute atomic E-state index is 12.7. The SMILES string of the molecule is O=C1NC[C@@]2(C(=O)O)CN(C(=O)c3ccc(-n4cccn4)cc3)C[C@@H]12. The predicted molar refractivity (Wildman–Crippen MR) is 86.0 cm³/mol. The Morgan fingerprint density at radius 3 is 2.64 bits per heavy atom. The Balaban J connectivity index is 1.56. The van der Waals surface area contributed by atoms with Crippen LogP contribution in [-0.4, -0.2) is 57.2 Å². The smallest absolute Gasteiger partial charge is 0.314 e. The summed E-state index contributed by atoms with van der Waals surface area (Å²) in [6.45, 7) is 0.219. The Morgan fingerprint density at radius 2 is 2.04 bits per heavy atom. The van der Waals surface area contributed by atoms with E-state index in [9.17, 15) is 19.5 Å². The molecule has 25 heavy (non-hydrogen) atoms. The van der Waals surface area contributed by atoms with E-state index in [0.29, 0.717) is 5.56 Å². The zero-order chi connectivity index (χ0) is 17.6. The Kier molecular flexibility index (Phi) is 3.34. The van der Waals surface area contributed by atoms with Crippen molar-refractivity contribution in [3.63, 3.8) is 0 Å². The minimum atomic E-state index is -1.22. The minimum absolute atomic E-state index is 0.0332. The summed E-state index contributed by atoms with van der Waals surface area (Å²) in [7, 11) is 0. The van der Waals surface area contributed by atoms with Crippen molar-refractivity contribution in [3.8, 4) is 5.69 Å². The molecule has 1 aromatic carbocycles. The second-order valence-corrected chi connectivity index (χ2v) is 6.41. The molecule has 0 saturated carbocycles. The molecule has 0 radical (unpaired) electrons. The molecule has 2 aliphatic heterocycles. The van der Waals surface area contributed by atoms with Crippen LogP contribution in [0.4, 0.5) is 0 Å². The number of hydrogen-bond donors (Lipinski definition) is 2. The number of fused-ring (bicyclic) bond motifs is 1. The summed E-state index contributed by atoms with van der Waals surface area (Å²) in [6.07, 6.45) is 3.46. The van der Waals surface area contributed by atoms with Gasteiger partial charge in [0.1, 0.15) is 5.41 Å². The van der Waals surface area contributed by atoms with Crippen LogP contribution in [0, 0.1) is 11.3 Å². The summed E-state index contributed by atoms with van der Waals surface area (Å²) in [5, 5.41) is 16.3. The van der Waals surface area contributed by atoms with Crippen molar-refractivity contribution in [2.24, 2.45) is 11.3 Å². The van der Waals surface area contributed by atoms with Gasteiger partial charge >= 0.3 is 5.97 Å². The number of likely N-dealkylation sites (tertiary alicyclic amines) is 1. The average Bonchev–Trinajstić information content (AvgIpc) is 3.32. The number of nitrogens with zero attached hydrogens (tertiary/aromatic N) is 3. The summed E-state index contributed by atoms with van der Waals surface area (Å²) < 4.78 is 1.68. The summed E-state index contributed by atoms with van der Waals surface area (Å²) >= 11 is 0. The lowest BCUT2D eigenvalue weighted by molar-refractivity contribution is -0.149. The van der Waals surface area contributed by atoms with Crippen LogP contribution in [0.25, 0.3) is 5.69 Å². The zero-order valence-corrected chi connectivity index (χ0v) is 13.3. The lowest BCUT2D eigenvalue weighted by Gasteiger charge is -2.22. The number of carboxylic acid groups (broad SMARTS) is 1. The third-order valence-electron chi connectivity index (χ3n) is 5.03. The summed E-state index contributed by atoms with van der Waals surface area (Å²) in [5.74, 6) is -2.31. The van der Waals surface area contributed by atoms with Gasteiger partial charge in [-0.15, -0.1) is 0 Å². The van der Waals surface area contributed by atoms with Gasteiger partial charge in [0.25, 0.3) is 5.91 Å². The number of aromatic nitrogens is 2. The Hall–Kier alpha value is -3.16. The maximum Gasteiger partial charge on any atom is 0.314 e. The molecule has 0 unspecified atom stereocenters. The molecule has 2 amide bonds. The summed E-state index contributed by atoms with van der Waals surface area (Å²) in [5.41, 5.74) is 0.0555. The number of carbonyl (C=O) groups is 3. The highest BCUT2D eigenvalue weighted by Crippen LogP contribution is 2.40. The first kappa shape index (κ1) is 15.4. The molecule has 0 aliphatic carbocycles. The molecule has 8 nitrogen and oxygen atoms in total. The molecule has 3 heterocycles. The van der Waals surface area contributed by atoms with Crippen LogP contribution >= 0.6 is 0 Å². The quantitative estimate of drug-likeness (QED) is 0.827. The normalized spacial score (nSPS) is 24.9. The van der Waals surface area contributed by atoms with Gasteiger partial charge in [-0.3, -0.25) is 14.4 Å². The highest BCUT2D eigenvalue weighted by molar-refractivity contribution is 5.98. The average molecular weight is 340 g/mol. The molecule has 2 atom stereocenters. The monoisotopic (exact) mass is 340 g/mol. The fraction of sp³-hybridized carbons (Fsp3) is 0.294. The lowest BCUT2D eigenvalue weighted by Crippen LogP contribution is -2.41. The number of amides is 2. The topological polar surface area (TPSA) is 105 Å². The number of benzene rings is 1. The van der Waals surface area contributed by atoms with Crippen molar-refractivity contribution in [3.05, 3.63) is 48.3 Å². The Morgan fingerprint density at radius 1 is 1.28 bits per heavy atom. The molecule has 0 bridgehead atoms. The van der Waals surface area contributed by atoms with Crippen molar-refractivity contribution < 1.29 is 19.5 Å². The van der Waals surface area contributed by atoms with Gasteiger partial charge in [0.2, 0.25) is 5.91 Å². The molecule has 1 aromatic heterocycles. The third-order valence-corrected chi connectivity index (χ3v) is 5.03. The maximum atomic E-state index is 12.7. The van der Waals surface area contributed by atoms with Crippen LogP contribution in [0.2, 0.25) is 0 Å². The Bertz CT molecular complexity index is 846. The summed E-state index contributed by atoms with van der Waals surface area (Å²) in [6, 6.07) is 8.72. The van der Waals surface area contributed by atoms with Crippen molar-refractivity contribution in [1.29, 1.82) is 0 Å². The minimum Gasteiger partial charge on any atom is -0.481 e. The number of rotatable bonds is 3. The van der Waals surface area contributed by atoms with E-state index >= 15 is 0 Å². The molecule has 2 aliphatic rings. The van der Waals surface area contributed by atoms with Crippen molar-refractivity contribution >= 4 is 17.8 Å². The largest absolute Gasteiger partial charge is 0.481 e. The fourth-order valence-corrected chi connectivity index (χ4v) is 3.60. The lowest BCUT2D eigenvalue weighted by atomic mass is 9.81. The van der Waals surface area contributed by atoms with E-state index in [1.54, 1.807) is 47.4 Å². The van der Waals surface area contributed by atoms with Crippen LogP contribution in [0.3, 0.4) is 0 Å². The number of nitrogens with one attached hydrogen (secondary N) is 1. The van der Waals surface area contributed by atoms with Crippen LogP contribution < -0.4 is 5.32 Å². The molecule has 2 fully saturated rings. The van der Waals surface area contributed by atoms with E-state index in [1.807, 2.05) is 0 Å². The second kappa shape index (κ2) is 5.44. The van der Waals surface area contributed by atoms with Gasteiger partial charge in [-0.05, 0) is 30.3 Å². The van der Waals surface area contributed by atoms with Gasteiger partial charge in [-0.2, -0.15) is 5.10 Å². The highest BCUT2D eigenvalue weighted by Gasteiger charge is 2.60. The van der Waals surface area contributed by atoms with Gasteiger partial charge in [0.05, 0.1) is 11.6 Å². The van der Waals surface area contributed by atoms with Crippen LogP contribution in [0.1, 0.15) is 10.4 Å². The number of hydrogen-bond acceptors (Lipinski definition) is 4. The first-order valence-corrected chi connectivity index (χ1v) is 7.92. The highest BCUT2D eigenvalue weighted by atomic mass is 16.4. The van der Waals surface area contributed by atoms with Crippen molar-refractivity contribution in [1.82, 2.24) is 20.0 Å². The molecule has 2 aromatic rings. The van der Waals surface area contributed by atoms with Gasteiger partial charge in [0, 0.05) is 37.6 Å². The van der Waals surface area contributed by atoms with E-state index < -0.39 is 17.3 Å². The second-order valence-electron chi connectivity index (χ2n) is 6.41. The van der Waals surface area contributed by atoms with E-state index in [2.05, 4.69) is 10.4 Å². The zero-order valence-electron chi connectivity index (χ0n) is 13.3. The van der Waals surface area contributed by atoms with Gasteiger partial charge < -0.3 is 15.3 Å². The molecule has 0 spiro atoms. The van der Waals surface area contributed by atoms with Gasteiger partial charge in [-0.1, -0.05) is 0 Å². The molecule has 4 rings (SSSR count). The molecular weight excluding hydrogens is 324 g/mol. The standard InChI is InChI=1S/C17H16N4O4/c22-14-13-8-20(10-17(13,9-18-14)16(24)25)15(23)11-2-4-12(5-3-11)21-7-1-6-19-21/h1-7,13H,8-10H2,(H,18,22)(H,24,25)/t13-,17+/m0/s1. The predicted octanol–water partition coefficient (Wildman–Crippen LogP) is 0.145. The van der Waals surface area contributed by atoms with Crippen LogP contribution in [-0.2, 0) is 9.59 Å². The van der Waals surface area contributed by atoms with E-state index in [1.165, 1.54) is 4.90 Å². The van der Waals surface area contributed by atoms with Gasteiger partial charge in [0.15, 0.2) is 0 Å². The molecular formula is C17H16N4O4. The fourth-order valence-electron chi connectivity index (χ4n) is 3.60. The number of carbonyl (C=O) groups excluding carboxylic acids is 2. The molecule has 128 valence electrons. The van der Waals surface area contributed by atoms with E-state index in [-0.39, 0.29) is 31.4 Å². The first-order chi connectivity index (χ1) is 12.0. The van der Waals surface area contributed by atoms with Crippen molar-refractivity contribution in [2.45, 2.75) is 0 Å². The first-order valence-electron chi connectivity index (χ1n) is 7.92. The van der Waals surface area contributed by atoms with Crippen LogP contribution in [0.5, 0.6) is 0 Å².